The fourth-order valence-electron chi connectivity index (χ4n) is 0.675. The lowest BCUT2D eigenvalue weighted by molar-refractivity contribution is -0.157. The number of esters is 1. The van der Waals surface area contributed by atoms with Gasteiger partial charge >= 0.3 is 18.3 Å². The van der Waals surface area contributed by atoms with Crippen LogP contribution in [0.4, 0.5) is 30.7 Å². The van der Waals surface area contributed by atoms with Crippen LogP contribution >= 0.6 is 0 Å². The first-order chi connectivity index (χ1) is 7.01. The number of rotatable bonds is 2. The van der Waals surface area contributed by atoms with Crippen LogP contribution in [0.1, 0.15) is 6.92 Å². The van der Waals surface area contributed by atoms with Crippen LogP contribution in [0.25, 0.3) is 0 Å². The zero-order chi connectivity index (χ0) is 13.1. The van der Waals surface area contributed by atoms with E-state index in [2.05, 4.69) is 4.74 Å². The molecular weight excluding hydrogens is 249 g/mol. The molecule has 0 unspecified atom stereocenters. The molecule has 0 bridgehead atoms. The van der Waals surface area contributed by atoms with E-state index in [9.17, 15) is 35.5 Å². The van der Waals surface area contributed by atoms with Crippen LogP contribution in [0.2, 0.25) is 0 Å². The van der Waals surface area contributed by atoms with E-state index >= 15 is 0 Å². The van der Waals surface area contributed by atoms with Gasteiger partial charge in [0.2, 0.25) is 5.83 Å². The van der Waals surface area contributed by atoms with Crippen LogP contribution in [0.3, 0.4) is 0 Å². The molecule has 0 aliphatic carbocycles. The Hall–Kier alpha value is -1.28. The van der Waals surface area contributed by atoms with E-state index in [1.807, 2.05) is 0 Å². The molecule has 9 heteroatoms. The highest BCUT2D eigenvalue weighted by molar-refractivity contribution is 5.90. The van der Waals surface area contributed by atoms with Gasteiger partial charge in [0.05, 0.1) is 6.61 Å². The number of ether oxygens (including phenoxy) is 1. The molecule has 0 aromatic rings. The molecule has 0 saturated carbocycles. The Labute approximate surface area is 84.7 Å². The molecule has 16 heavy (non-hydrogen) atoms. The minimum absolute atomic E-state index is 0.608. The van der Waals surface area contributed by atoms with Gasteiger partial charge in [0.25, 0.3) is 0 Å². The van der Waals surface area contributed by atoms with Gasteiger partial charge < -0.3 is 4.74 Å². The highest BCUT2D eigenvalue weighted by Gasteiger charge is 2.50. The summed E-state index contributed by atoms with van der Waals surface area (Å²) in [5.41, 5.74) is -2.98. The number of carbonyl (C=O) groups is 1. The summed E-state index contributed by atoms with van der Waals surface area (Å²) in [6.45, 7) is 0.459. The van der Waals surface area contributed by atoms with Crippen LogP contribution in [0.5, 0.6) is 0 Å². The maximum atomic E-state index is 12.4. The predicted octanol–water partition coefficient (Wildman–Crippen LogP) is 2.90. The standard InChI is InChI=1S/C7H5F7O2/c1-2-16-5(15)3(6(9,10)11)4(8)7(12,13)14/h2H2,1H3/b4-3+. The summed E-state index contributed by atoms with van der Waals surface area (Å²) in [4.78, 5) is 10.5. The zero-order valence-electron chi connectivity index (χ0n) is 7.67. The molecule has 0 aliphatic heterocycles. The molecule has 0 saturated heterocycles. The summed E-state index contributed by atoms with van der Waals surface area (Å²) in [6.07, 6.45) is -11.7. The molecule has 0 rings (SSSR count). The Morgan fingerprint density at radius 2 is 1.50 bits per heavy atom. The van der Waals surface area contributed by atoms with Crippen molar-refractivity contribution in [2.75, 3.05) is 6.61 Å². The average Bonchev–Trinajstić information content (AvgIpc) is 1.99. The van der Waals surface area contributed by atoms with E-state index in [1.165, 1.54) is 0 Å². The highest BCUT2D eigenvalue weighted by atomic mass is 19.4. The SMILES string of the molecule is CCOC(=O)/C(=C(\F)C(F)(F)F)C(F)(F)F. The maximum absolute atomic E-state index is 12.4. The number of allylic oxidation sites excluding steroid dienone is 1. The Balaban J connectivity index is 5.52. The van der Waals surface area contributed by atoms with E-state index in [-0.39, 0.29) is 0 Å². The number of hydrogen-bond acceptors (Lipinski definition) is 2. The third kappa shape index (κ3) is 3.70. The molecule has 0 N–H and O–H groups in total. The summed E-state index contributed by atoms with van der Waals surface area (Å²) in [5, 5.41) is 0. The minimum Gasteiger partial charge on any atom is -0.462 e. The number of alkyl halides is 6. The van der Waals surface area contributed by atoms with E-state index in [1.54, 1.807) is 0 Å². The van der Waals surface area contributed by atoms with Gasteiger partial charge in [0.15, 0.2) is 5.57 Å². The van der Waals surface area contributed by atoms with Crippen molar-refractivity contribution < 1.29 is 40.3 Å². The van der Waals surface area contributed by atoms with Crippen LogP contribution in [0, 0.1) is 0 Å². The second kappa shape index (κ2) is 4.71. The van der Waals surface area contributed by atoms with Gasteiger partial charge in [-0.2, -0.15) is 26.3 Å². The molecule has 0 heterocycles. The molecule has 0 radical (unpaired) electrons. The lowest BCUT2D eigenvalue weighted by Gasteiger charge is -2.13. The monoisotopic (exact) mass is 254 g/mol. The van der Waals surface area contributed by atoms with Gasteiger partial charge in [-0.05, 0) is 6.92 Å². The quantitative estimate of drug-likeness (QED) is 0.430. The minimum atomic E-state index is -5.89. The summed E-state index contributed by atoms with van der Waals surface area (Å²) >= 11 is 0. The molecule has 94 valence electrons. The molecule has 0 fully saturated rings. The van der Waals surface area contributed by atoms with E-state index in [0.29, 0.717) is 0 Å². The lowest BCUT2D eigenvalue weighted by Crippen LogP contribution is -2.27. The third-order valence-electron chi connectivity index (χ3n) is 1.23. The molecule has 0 aliphatic rings. The maximum Gasteiger partial charge on any atom is 0.443 e. The van der Waals surface area contributed by atoms with E-state index in [0.717, 1.165) is 6.92 Å². The summed E-state index contributed by atoms with van der Waals surface area (Å²) in [6, 6.07) is 0. The fraction of sp³-hybridized carbons (Fsp3) is 0.571. The van der Waals surface area contributed by atoms with Gasteiger partial charge in [0.1, 0.15) is 0 Å². The van der Waals surface area contributed by atoms with Crippen LogP contribution < -0.4 is 0 Å². The van der Waals surface area contributed by atoms with Crippen molar-refractivity contribution in [1.29, 1.82) is 0 Å². The number of hydrogen-bond donors (Lipinski definition) is 0. The Bertz CT molecular complexity index is 299. The van der Waals surface area contributed by atoms with Crippen LogP contribution in [-0.4, -0.2) is 24.9 Å². The number of halogens is 7. The van der Waals surface area contributed by atoms with Gasteiger partial charge in [-0.1, -0.05) is 0 Å². The number of carbonyl (C=O) groups excluding carboxylic acids is 1. The first-order valence-corrected chi connectivity index (χ1v) is 3.73. The first kappa shape index (κ1) is 14.7. The second-order valence-electron chi connectivity index (χ2n) is 2.40. The van der Waals surface area contributed by atoms with Gasteiger partial charge in [-0.3, -0.25) is 0 Å². The van der Waals surface area contributed by atoms with Crippen molar-refractivity contribution in [3.8, 4) is 0 Å². The summed E-state index contributed by atoms with van der Waals surface area (Å²) in [7, 11) is 0. The Kier molecular flexibility index (Phi) is 4.33. The Morgan fingerprint density at radius 1 is 1.06 bits per heavy atom. The van der Waals surface area contributed by atoms with Crippen molar-refractivity contribution in [3.63, 3.8) is 0 Å². The molecule has 0 spiro atoms. The summed E-state index contributed by atoms with van der Waals surface area (Å²) < 4.78 is 87.1. The predicted molar refractivity (Wildman–Crippen MR) is 36.9 cm³/mol. The van der Waals surface area contributed by atoms with Gasteiger partial charge in [-0.25, -0.2) is 9.18 Å². The molecule has 0 aromatic carbocycles. The van der Waals surface area contributed by atoms with E-state index < -0.39 is 36.3 Å². The van der Waals surface area contributed by atoms with Crippen molar-refractivity contribution in [1.82, 2.24) is 0 Å². The molecular formula is C7H5F7O2. The third-order valence-corrected chi connectivity index (χ3v) is 1.23. The fourth-order valence-corrected chi connectivity index (χ4v) is 0.675. The molecule has 2 nitrogen and oxygen atoms in total. The van der Waals surface area contributed by atoms with Crippen molar-refractivity contribution >= 4 is 5.97 Å². The largest absolute Gasteiger partial charge is 0.462 e. The zero-order valence-corrected chi connectivity index (χ0v) is 7.67. The highest BCUT2D eigenvalue weighted by Crippen LogP contribution is 2.37. The van der Waals surface area contributed by atoms with Crippen molar-refractivity contribution in [2.24, 2.45) is 0 Å². The molecule has 0 aromatic heterocycles. The lowest BCUT2D eigenvalue weighted by atomic mass is 10.2. The van der Waals surface area contributed by atoms with Gasteiger partial charge in [0, 0.05) is 0 Å². The Morgan fingerprint density at radius 3 is 1.75 bits per heavy atom. The van der Waals surface area contributed by atoms with Crippen LogP contribution in [-0.2, 0) is 9.53 Å². The van der Waals surface area contributed by atoms with Crippen LogP contribution in [0.15, 0.2) is 11.4 Å². The normalized spacial score (nSPS) is 14.5. The average molecular weight is 254 g/mol. The van der Waals surface area contributed by atoms with Gasteiger partial charge in [-0.15, -0.1) is 0 Å². The molecule has 0 amide bonds. The van der Waals surface area contributed by atoms with Crippen molar-refractivity contribution in [3.05, 3.63) is 11.4 Å². The second-order valence-corrected chi connectivity index (χ2v) is 2.40. The topological polar surface area (TPSA) is 26.3 Å². The van der Waals surface area contributed by atoms with E-state index in [4.69, 9.17) is 0 Å². The first-order valence-electron chi connectivity index (χ1n) is 3.73. The van der Waals surface area contributed by atoms with Crippen molar-refractivity contribution in [2.45, 2.75) is 19.3 Å². The smallest absolute Gasteiger partial charge is 0.443 e. The molecule has 0 atom stereocenters. The summed E-state index contributed by atoms with van der Waals surface area (Å²) in [5.74, 6) is -5.91.